The van der Waals surface area contributed by atoms with Crippen molar-refractivity contribution < 1.29 is 18.0 Å². The summed E-state index contributed by atoms with van der Waals surface area (Å²) in [4.78, 5) is 17.3. The van der Waals surface area contributed by atoms with Crippen molar-refractivity contribution in [2.24, 2.45) is 0 Å². The van der Waals surface area contributed by atoms with Gasteiger partial charge in [-0.1, -0.05) is 11.8 Å². The molecule has 0 aliphatic heterocycles. The Morgan fingerprint density at radius 1 is 1.27 bits per heavy atom. The molecule has 26 heavy (non-hydrogen) atoms. The number of amides is 1. The number of nitrogens with one attached hydrogen (secondary N) is 1. The number of benzene rings is 1. The first-order chi connectivity index (χ1) is 12.3. The van der Waals surface area contributed by atoms with Crippen LogP contribution >= 0.6 is 23.1 Å². The molecule has 1 aromatic carbocycles. The van der Waals surface area contributed by atoms with E-state index in [1.165, 1.54) is 11.8 Å². The Hall–Kier alpha value is -2.33. The lowest BCUT2D eigenvalue weighted by molar-refractivity contribution is -0.141. The maximum atomic E-state index is 12.5. The zero-order valence-corrected chi connectivity index (χ0v) is 15.1. The molecule has 2 aromatic heterocycles. The zero-order chi connectivity index (χ0) is 18.7. The fourth-order valence-electron chi connectivity index (χ4n) is 2.03. The molecule has 0 fully saturated rings. The number of hydrogen-bond acceptors (Lipinski definition) is 5. The molecule has 3 aromatic rings. The van der Waals surface area contributed by atoms with Crippen LogP contribution in [0.4, 0.5) is 18.9 Å². The van der Waals surface area contributed by atoms with Gasteiger partial charge in [0.25, 0.3) is 0 Å². The predicted octanol–water partition coefficient (Wildman–Crippen LogP) is 4.46. The average molecular weight is 398 g/mol. The van der Waals surface area contributed by atoms with Crippen LogP contribution in [0.25, 0.3) is 0 Å². The van der Waals surface area contributed by atoms with E-state index in [2.05, 4.69) is 15.4 Å². The van der Waals surface area contributed by atoms with E-state index < -0.39 is 17.8 Å². The van der Waals surface area contributed by atoms with Crippen LogP contribution in [0.15, 0.2) is 51.1 Å². The zero-order valence-electron chi connectivity index (χ0n) is 13.4. The van der Waals surface area contributed by atoms with E-state index in [9.17, 15) is 18.0 Å². The molecule has 0 aliphatic carbocycles. The number of alkyl halides is 3. The number of aromatic nitrogens is 3. The van der Waals surface area contributed by atoms with Crippen LogP contribution in [0, 0.1) is 6.92 Å². The second-order valence-corrected chi connectivity index (χ2v) is 7.50. The van der Waals surface area contributed by atoms with Gasteiger partial charge in [0.2, 0.25) is 5.91 Å². The molecule has 136 valence electrons. The lowest BCUT2D eigenvalue weighted by Crippen LogP contribution is -2.19. The Balaban J connectivity index is 1.56. The van der Waals surface area contributed by atoms with E-state index in [1.807, 2.05) is 24.4 Å². The molecular formula is C16H13F3N4OS2. The first kappa shape index (κ1) is 18.5. The van der Waals surface area contributed by atoms with Crippen molar-refractivity contribution in [3.05, 3.63) is 53.3 Å². The standard InChI is InChI=1S/C16H13F3N4OS2/c1-10-9-25-15(20-10)26-12-4-2-11(3-5-12)21-14(24)8-23-7-6-13(22-23)16(17,18)19/h2-7,9H,8H2,1H3,(H,21,24). The molecule has 0 saturated carbocycles. The van der Waals surface area contributed by atoms with Crippen LogP contribution in [0.1, 0.15) is 11.4 Å². The second-order valence-electron chi connectivity index (χ2n) is 5.33. The normalized spacial score (nSPS) is 11.5. The summed E-state index contributed by atoms with van der Waals surface area (Å²) < 4.78 is 39.4. The molecule has 5 nitrogen and oxygen atoms in total. The second kappa shape index (κ2) is 7.50. The van der Waals surface area contributed by atoms with Crippen molar-refractivity contribution >= 4 is 34.7 Å². The number of carbonyl (C=O) groups excluding carboxylic acids is 1. The first-order valence-corrected chi connectivity index (χ1v) is 9.10. The van der Waals surface area contributed by atoms with Gasteiger partial charge in [-0.15, -0.1) is 11.3 Å². The highest BCUT2D eigenvalue weighted by atomic mass is 32.2. The summed E-state index contributed by atoms with van der Waals surface area (Å²) in [6.07, 6.45) is -3.40. The molecule has 1 amide bonds. The summed E-state index contributed by atoms with van der Waals surface area (Å²) in [7, 11) is 0. The van der Waals surface area contributed by atoms with E-state index in [1.54, 1.807) is 23.5 Å². The Labute approximate surface area is 155 Å². The van der Waals surface area contributed by atoms with E-state index in [4.69, 9.17) is 0 Å². The number of thiazole rings is 1. The quantitative estimate of drug-likeness (QED) is 0.690. The maximum absolute atomic E-state index is 12.5. The molecule has 3 rings (SSSR count). The molecule has 0 bridgehead atoms. The van der Waals surface area contributed by atoms with Gasteiger partial charge in [-0.2, -0.15) is 18.3 Å². The van der Waals surface area contributed by atoms with Crippen molar-refractivity contribution in [1.82, 2.24) is 14.8 Å². The Kier molecular flexibility index (Phi) is 5.33. The van der Waals surface area contributed by atoms with E-state index >= 15 is 0 Å². The number of halogens is 3. The van der Waals surface area contributed by atoms with Gasteiger partial charge in [-0.05, 0) is 37.3 Å². The number of hydrogen-bond donors (Lipinski definition) is 1. The summed E-state index contributed by atoms with van der Waals surface area (Å²) in [6.45, 7) is 1.63. The van der Waals surface area contributed by atoms with Gasteiger partial charge >= 0.3 is 6.18 Å². The lowest BCUT2D eigenvalue weighted by atomic mass is 10.3. The number of rotatable bonds is 5. The Morgan fingerprint density at radius 3 is 2.58 bits per heavy atom. The van der Waals surface area contributed by atoms with Gasteiger partial charge in [-0.3, -0.25) is 9.48 Å². The molecular weight excluding hydrogens is 385 g/mol. The number of nitrogens with zero attached hydrogens (tertiary/aromatic N) is 3. The molecule has 0 aliphatic rings. The van der Waals surface area contributed by atoms with Crippen molar-refractivity contribution in [1.29, 1.82) is 0 Å². The lowest BCUT2D eigenvalue weighted by Gasteiger charge is -2.06. The molecule has 10 heteroatoms. The molecule has 0 saturated heterocycles. The SMILES string of the molecule is Cc1csc(Sc2ccc(NC(=O)Cn3ccc(C(F)(F)F)n3)cc2)n1. The summed E-state index contributed by atoms with van der Waals surface area (Å²) in [5.74, 6) is -0.460. The van der Waals surface area contributed by atoms with Crippen LogP contribution < -0.4 is 5.32 Å². The van der Waals surface area contributed by atoms with Crippen LogP contribution in [0.3, 0.4) is 0 Å². The maximum Gasteiger partial charge on any atom is 0.435 e. The third kappa shape index (κ3) is 4.85. The fraction of sp³-hybridized carbons (Fsp3) is 0.188. The highest BCUT2D eigenvalue weighted by Crippen LogP contribution is 2.31. The van der Waals surface area contributed by atoms with Gasteiger partial charge in [0.15, 0.2) is 10.0 Å². The highest BCUT2D eigenvalue weighted by molar-refractivity contribution is 8.01. The minimum absolute atomic E-state index is 0.301. The number of anilines is 1. The van der Waals surface area contributed by atoms with Crippen LogP contribution in [-0.4, -0.2) is 20.7 Å². The van der Waals surface area contributed by atoms with Crippen LogP contribution in [-0.2, 0) is 17.5 Å². The minimum atomic E-state index is -4.52. The smallest absolute Gasteiger partial charge is 0.324 e. The number of carbonyl (C=O) groups is 1. The monoisotopic (exact) mass is 398 g/mol. The van der Waals surface area contributed by atoms with E-state index in [0.29, 0.717) is 5.69 Å². The van der Waals surface area contributed by atoms with Gasteiger partial charge in [0, 0.05) is 27.9 Å². The van der Waals surface area contributed by atoms with Gasteiger partial charge < -0.3 is 5.32 Å². The summed E-state index contributed by atoms with van der Waals surface area (Å²) in [5, 5.41) is 7.95. The van der Waals surface area contributed by atoms with Gasteiger partial charge in [0.05, 0.1) is 0 Å². The molecule has 2 heterocycles. The average Bonchev–Trinajstić information content (AvgIpc) is 3.18. The topological polar surface area (TPSA) is 59.8 Å². The molecule has 0 radical (unpaired) electrons. The van der Waals surface area contributed by atoms with Crippen molar-refractivity contribution in [2.75, 3.05) is 5.32 Å². The molecule has 0 spiro atoms. The highest BCUT2D eigenvalue weighted by Gasteiger charge is 2.33. The Morgan fingerprint density at radius 2 is 2.00 bits per heavy atom. The van der Waals surface area contributed by atoms with Gasteiger partial charge in [0.1, 0.15) is 6.54 Å². The molecule has 0 unspecified atom stereocenters. The summed E-state index contributed by atoms with van der Waals surface area (Å²) in [6, 6.07) is 7.97. The summed E-state index contributed by atoms with van der Waals surface area (Å²) >= 11 is 3.07. The number of aryl methyl sites for hydroxylation is 1. The minimum Gasteiger partial charge on any atom is -0.324 e. The van der Waals surface area contributed by atoms with Crippen molar-refractivity contribution in [3.63, 3.8) is 0 Å². The van der Waals surface area contributed by atoms with E-state index in [-0.39, 0.29) is 6.54 Å². The Bertz CT molecular complexity index is 903. The van der Waals surface area contributed by atoms with Crippen molar-refractivity contribution in [2.45, 2.75) is 28.9 Å². The fourth-order valence-corrected chi connectivity index (χ4v) is 3.84. The van der Waals surface area contributed by atoms with Gasteiger partial charge in [-0.25, -0.2) is 4.98 Å². The summed E-state index contributed by atoms with van der Waals surface area (Å²) in [5.41, 5.74) is 0.496. The third-order valence-electron chi connectivity index (χ3n) is 3.18. The third-order valence-corrected chi connectivity index (χ3v) is 5.24. The van der Waals surface area contributed by atoms with Crippen LogP contribution in [0.5, 0.6) is 0 Å². The molecule has 1 N–H and O–H groups in total. The van der Waals surface area contributed by atoms with Crippen LogP contribution in [0.2, 0.25) is 0 Å². The van der Waals surface area contributed by atoms with Crippen molar-refractivity contribution in [3.8, 4) is 0 Å². The largest absolute Gasteiger partial charge is 0.435 e. The molecule has 0 atom stereocenters. The van der Waals surface area contributed by atoms with E-state index in [0.717, 1.165) is 31.9 Å². The first-order valence-electron chi connectivity index (χ1n) is 7.40. The predicted molar refractivity (Wildman–Crippen MR) is 93.3 cm³/mol.